The molecule has 0 fully saturated rings. The number of hydrogen-bond acceptors (Lipinski definition) is 4. The molecule has 0 unspecified atom stereocenters. The van der Waals surface area contributed by atoms with Crippen LogP contribution in [0.25, 0.3) is 11.3 Å². The first kappa shape index (κ1) is 19.2. The number of halogens is 1. The van der Waals surface area contributed by atoms with E-state index in [0.29, 0.717) is 31.0 Å². The molecule has 1 amide bonds. The molecule has 0 spiro atoms. The molecule has 0 bridgehead atoms. The number of nitrogens with zero attached hydrogens (tertiary/aromatic N) is 2. The molecule has 6 heteroatoms. The van der Waals surface area contributed by atoms with Crippen LogP contribution in [-0.2, 0) is 17.8 Å². The van der Waals surface area contributed by atoms with E-state index in [-0.39, 0.29) is 11.7 Å². The average molecular weight is 384 g/mol. The summed E-state index contributed by atoms with van der Waals surface area (Å²) in [5.41, 5.74) is 1.85. The summed E-state index contributed by atoms with van der Waals surface area (Å²) in [7, 11) is 1.80. The zero-order valence-corrected chi connectivity index (χ0v) is 16.1. The van der Waals surface area contributed by atoms with Gasteiger partial charge in [-0.15, -0.1) is 11.8 Å². The van der Waals surface area contributed by atoms with Crippen LogP contribution >= 0.6 is 11.8 Å². The Kier molecular flexibility index (Phi) is 6.29. The van der Waals surface area contributed by atoms with Crippen LogP contribution in [0.2, 0.25) is 0 Å². The van der Waals surface area contributed by atoms with Crippen LogP contribution in [0.15, 0.2) is 64.0 Å². The van der Waals surface area contributed by atoms with Gasteiger partial charge < -0.3 is 9.32 Å². The second-order valence-corrected chi connectivity index (χ2v) is 7.10. The van der Waals surface area contributed by atoms with E-state index < -0.39 is 0 Å². The number of carbonyl (C=O) groups is 1. The van der Waals surface area contributed by atoms with Crippen molar-refractivity contribution in [1.82, 2.24) is 9.88 Å². The maximum atomic E-state index is 13.0. The molecule has 1 heterocycles. The van der Waals surface area contributed by atoms with Crippen molar-refractivity contribution < 1.29 is 13.6 Å². The van der Waals surface area contributed by atoms with Crippen molar-refractivity contribution in [2.75, 3.05) is 13.3 Å². The lowest BCUT2D eigenvalue weighted by Crippen LogP contribution is -2.26. The van der Waals surface area contributed by atoms with E-state index in [2.05, 4.69) is 17.1 Å². The number of rotatable bonds is 7. The standard InChI is InChI=1S/C21H21FN2O2S/c1-24(14-15-3-9-18(27-2)10-4-15)21(25)12-11-20-23-13-19(26-20)16-5-7-17(22)8-6-16/h3-10,13H,11-12,14H2,1-2H3. The predicted octanol–water partition coefficient (Wildman–Crippen LogP) is 4.79. The molecule has 1 aromatic heterocycles. The Balaban J connectivity index is 1.53. The number of benzene rings is 2. The quantitative estimate of drug-likeness (QED) is 0.549. The fraction of sp³-hybridized carbons (Fsp3) is 0.238. The van der Waals surface area contributed by atoms with Crippen molar-refractivity contribution in [2.45, 2.75) is 24.3 Å². The summed E-state index contributed by atoms with van der Waals surface area (Å²) in [6.07, 6.45) is 4.39. The van der Waals surface area contributed by atoms with Crippen LogP contribution < -0.4 is 0 Å². The number of hydrogen-bond donors (Lipinski definition) is 0. The van der Waals surface area contributed by atoms with Crippen LogP contribution in [0.3, 0.4) is 0 Å². The highest BCUT2D eigenvalue weighted by Crippen LogP contribution is 2.21. The highest BCUT2D eigenvalue weighted by molar-refractivity contribution is 7.98. The third kappa shape index (κ3) is 5.20. The number of carbonyl (C=O) groups excluding carboxylic acids is 1. The summed E-state index contributed by atoms with van der Waals surface area (Å²) in [4.78, 5) is 19.5. The van der Waals surface area contributed by atoms with E-state index in [1.165, 1.54) is 17.0 Å². The minimum Gasteiger partial charge on any atom is -0.441 e. The monoisotopic (exact) mass is 384 g/mol. The van der Waals surface area contributed by atoms with Crippen molar-refractivity contribution in [3.05, 3.63) is 72.0 Å². The van der Waals surface area contributed by atoms with Crippen molar-refractivity contribution in [1.29, 1.82) is 0 Å². The van der Waals surface area contributed by atoms with Crippen LogP contribution in [-0.4, -0.2) is 29.1 Å². The van der Waals surface area contributed by atoms with Crippen molar-refractivity contribution in [2.24, 2.45) is 0 Å². The van der Waals surface area contributed by atoms with Gasteiger partial charge in [0.15, 0.2) is 11.7 Å². The normalized spacial score (nSPS) is 10.8. The molecule has 0 radical (unpaired) electrons. The second kappa shape index (κ2) is 8.86. The Labute approximate surface area is 162 Å². The molecule has 3 rings (SSSR count). The Hall–Kier alpha value is -2.60. The average Bonchev–Trinajstić information content (AvgIpc) is 3.16. The van der Waals surface area contributed by atoms with Gasteiger partial charge in [-0.1, -0.05) is 12.1 Å². The summed E-state index contributed by atoms with van der Waals surface area (Å²) in [5, 5.41) is 0. The summed E-state index contributed by atoms with van der Waals surface area (Å²) < 4.78 is 18.7. The van der Waals surface area contributed by atoms with Gasteiger partial charge in [-0.25, -0.2) is 9.37 Å². The maximum absolute atomic E-state index is 13.0. The fourth-order valence-corrected chi connectivity index (χ4v) is 3.08. The topological polar surface area (TPSA) is 46.3 Å². The molecule has 3 aromatic rings. The highest BCUT2D eigenvalue weighted by Gasteiger charge is 2.13. The van der Waals surface area contributed by atoms with Gasteiger partial charge in [0.05, 0.1) is 6.20 Å². The van der Waals surface area contributed by atoms with E-state index in [1.54, 1.807) is 42.0 Å². The van der Waals surface area contributed by atoms with Gasteiger partial charge in [0.1, 0.15) is 5.82 Å². The molecular formula is C21H21FN2O2S. The first-order chi connectivity index (χ1) is 13.0. The summed E-state index contributed by atoms with van der Waals surface area (Å²) in [6, 6.07) is 14.2. The zero-order chi connectivity index (χ0) is 19.2. The van der Waals surface area contributed by atoms with Gasteiger partial charge in [-0.3, -0.25) is 4.79 Å². The fourth-order valence-electron chi connectivity index (χ4n) is 2.67. The summed E-state index contributed by atoms with van der Waals surface area (Å²) in [5.74, 6) is 0.806. The van der Waals surface area contributed by atoms with Crippen LogP contribution in [0.1, 0.15) is 17.9 Å². The number of oxazole rings is 1. The van der Waals surface area contributed by atoms with Crippen molar-refractivity contribution in [3.63, 3.8) is 0 Å². The molecule has 0 aliphatic heterocycles. The smallest absolute Gasteiger partial charge is 0.223 e. The van der Waals surface area contributed by atoms with Gasteiger partial charge in [0.2, 0.25) is 5.91 Å². The molecule has 2 aromatic carbocycles. The second-order valence-electron chi connectivity index (χ2n) is 6.22. The molecule has 0 saturated carbocycles. The molecule has 0 saturated heterocycles. The highest BCUT2D eigenvalue weighted by atomic mass is 32.2. The van der Waals surface area contributed by atoms with Gasteiger partial charge in [-0.05, 0) is 48.2 Å². The molecular weight excluding hydrogens is 363 g/mol. The predicted molar refractivity (Wildman–Crippen MR) is 105 cm³/mol. The van der Waals surface area contributed by atoms with Gasteiger partial charge in [0.25, 0.3) is 0 Å². The molecule has 0 aliphatic carbocycles. The first-order valence-corrected chi connectivity index (χ1v) is 9.85. The SMILES string of the molecule is CSc1ccc(CN(C)C(=O)CCc2ncc(-c3ccc(F)cc3)o2)cc1. The minimum atomic E-state index is -0.296. The van der Waals surface area contributed by atoms with E-state index in [4.69, 9.17) is 4.42 Å². The third-order valence-electron chi connectivity index (χ3n) is 4.24. The molecule has 0 aliphatic rings. The Morgan fingerprint density at radius 3 is 2.52 bits per heavy atom. The maximum Gasteiger partial charge on any atom is 0.223 e. The lowest BCUT2D eigenvalue weighted by atomic mass is 10.2. The van der Waals surface area contributed by atoms with E-state index in [1.807, 2.05) is 18.4 Å². The van der Waals surface area contributed by atoms with E-state index in [9.17, 15) is 9.18 Å². The molecule has 0 atom stereocenters. The van der Waals surface area contributed by atoms with Crippen molar-refractivity contribution in [3.8, 4) is 11.3 Å². The minimum absolute atomic E-state index is 0.0328. The lowest BCUT2D eigenvalue weighted by molar-refractivity contribution is -0.130. The van der Waals surface area contributed by atoms with Gasteiger partial charge >= 0.3 is 0 Å². The van der Waals surface area contributed by atoms with Crippen LogP contribution in [0, 0.1) is 5.82 Å². The molecule has 4 nitrogen and oxygen atoms in total. The number of thioether (sulfide) groups is 1. The Morgan fingerprint density at radius 2 is 1.85 bits per heavy atom. The number of aromatic nitrogens is 1. The van der Waals surface area contributed by atoms with Crippen LogP contribution in [0.5, 0.6) is 0 Å². The Morgan fingerprint density at radius 1 is 1.15 bits per heavy atom. The Bertz CT molecular complexity index is 891. The third-order valence-corrected chi connectivity index (χ3v) is 4.98. The lowest BCUT2D eigenvalue weighted by Gasteiger charge is -2.17. The zero-order valence-electron chi connectivity index (χ0n) is 15.3. The summed E-state index contributed by atoms with van der Waals surface area (Å²) in [6.45, 7) is 0.569. The number of aryl methyl sites for hydroxylation is 1. The van der Waals surface area contributed by atoms with Gasteiger partial charge in [0, 0.05) is 36.9 Å². The number of amides is 1. The molecule has 27 heavy (non-hydrogen) atoms. The van der Waals surface area contributed by atoms with Crippen LogP contribution in [0.4, 0.5) is 4.39 Å². The first-order valence-electron chi connectivity index (χ1n) is 8.62. The van der Waals surface area contributed by atoms with E-state index in [0.717, 1.165) is 11.1 Å². The summed E-state index contributed by atoms with van der Waals surface area (Å²) >= 11 is 1.69. The van der Waals surface area contributed by atoms with Crippen molar-refractivity contribution >= 4 is 17.7 Å². The molecule has 140 valence electrons. The molecule has 0 N–H and O–H groups in total. The largest absolute Gasteiger partial charge is 0.441 e. The van der Waals surface area contributed by atoms with E-state index >= 15 is 0 Å². The van der Waals surface area contributed by atoms with Gasteiger partial charge in [-0.2, -0.15) is 0 Å².